The molecule has 5 heteroatoms. The summed E-state index contributed by atoms with van der Waals surface area (Å²) in [6.45, 7) is 0. The number of benzene rings is 2. The highest BCUT2D eigenvalue weighted by atomic mass is 19.4. The van der Waals surface area contributed by atoms with Gasteiger partial charge in [-0.15, -0.1) is 0 Å². The van der Waals surface area contributed by atoms with Crippen LogP contribution in [0.2, 0.25) is 0 Å². The Bertz CT molecular complexity index is 599. The Balaban J connectivity index is 2.25. The number of rotatable bonds is 3. The van der Waals surface area contributed by atoms with Gasteiger partial charge >= 0.3 is 6.18 Å². The van der Waals surface area contributed by atoms with Crippen molar-refractivity contribution < 1.29 is 22.7 Å². The topological polar surface area (TPSA) is 26.3 Å². The minimum atomic E-state index is -4.85. The molecule has 20 heavy (non-hydrogen) atoms. The number of hydrogen-bond donors (Lipinski definition) is 0. The first-order valence-electron chi connectivity index (χ1n) is 5.78. The third-order valence-electron chi connectivity index (χ3n) is 2.83. The molecule has 0 aliphatic carbocycles. The molecular formula is C15H11F3O2. The van der Waals surface area contributed by atoms with Crippen molar-refractivity contribution in [2.75, 3.05) is 7.11 Å². The number of carbonyl (C=O) groups excluding carboxylic acids is 1. The second kappa shape index (κ2) is 5.36. The van der Waals surface area contributed by atoms with Crippen molar-refractivity contribution in [3.05, 3.63) is 54.1 Å². The third kappa shape index (κ3) is 2.99. The smallest absolute Gasteiger partial charge is 0.454 e. The Morgan fingerprint density at radius 2 is 1.35 bits per heavy atom. The first-order valence-corrected chi connectivity index (χ1v) is 5.78. The fourth-order valence-electron chi connectivity index (χ4n) is 1.76. The van der Waals surface area contributed by atoms with Gasteiger partial charge in [0.2, 0.25) is 0 Å². The minimum Gasteiger partial charge on any atom is -0.497 e. The van der Waals surface area contributed by atoms with E-state index in [0.29, 0.717) is 5.75 Å². The molecule has 2 nitrogen and oxygen atoms in total. The Labute approximate surface area is 113 Å². The summed E-state index contributed by atoms with van der Waals surface area (Å²) in [6.07, 6.45) is -4.85. The largest absolute Gasteiger partial charge is 0.497 e. The van der Waals surface area contributed by atoms with Gasteiger partial charge in [-0.3, -0.25) is 4.79 Å². The average Bonchev–Trinajstić information content (AvgIpc) is 2.46. The number of hydrogen-bond acceptors (Lipinski definition) is 2. The highest BCUT2D eigenvalue weighted by Gasteiger charge is 2.39. The molecule has 0 amide bonds. The standard InChI is InChI=1S/C15H11F3O2/c1-20-13-8-6-11(7-9-13)10-2-4-12(5-3-10)14(19)15(16,17)18/h2-9H,1H3. The van der Waals surface area contributed by atoms with Gasteiger partial charge < -0.3 is 4.74 Å². The fraction of sp³-hybridized carbons (Fsp3) is 0.133. The van der Waals surface area contributed by atoms with Crippen molar-refractivity contribution in [3.63, 3.8) is 0 Å². The summed E-state index contributed by atoms with van der Waals surface area (Å²) in [6, 6.07) is 12.4. The van der Waals surface area contributed by atoms with Crippen LogP contribution in [0.4, 0.5) is 13.2 Å². The Morgan fingerprint density at radius 3 is 1.75 bits per heavy atom. The van der Waals surface area contributed by atoms with Crippen LogP contribution in [0, 0.1) is 0 Å². The molecule has 0 unspecified atom stereocenters. The molecule has 0 saturated carbocycles. The molecule has 0 saturated heterocycles. The maximum Gasteiger partial charge on any atom is 0.454 e. The van der Waals surface area contributed by atoms with Gasteiger partial charge in [0, 0.05) is 5.56 Å². The number of ketones is 1. The lowest BCUT2D eigenvalue weighted by Gasteiger charge is -2.07. The molecule has 104 valence electrons. The van der Waals surface area contributed by atoms with Gasteiger partial charge in [-0.05, 0) is 23.3 Å². The molecular weight excluding hydrogens is 269 g/mol. The maximum atomic E-state index is 12.3. The fourth-order valence-corrected chi connectivity index (χ4v) is 1.76. The van der Waals surface area contributed by atoms with Gasteiger partial charge in [0.25, 0.3) is 5.78 Å². The van der Waals surface area contributed by atoms with Gasteiger partial charge in [-0.2, -0.15) is 13.2 Å². The van der Waals surface area contributed by atoms with E-state index < -0.39 is 12.0 Å². The molecule has 0 heterocycles. The molecule has 0 spiro atoms. The predicted octanol–water partition coefficient (Wildman–Crippen LogP) is 4.11. The van der Waals surface area contributed by atoms with Crippen LogP contribution in [-0.4, -0.2) is 19.1 Å². The van der Waals surface area contributed by atoms with Gasteiger partial charge in [-0.25, -0.2) is 0 Å². The number of alkyl halides is 3. The Morgan fingerprint density at radius 1 is 0.900 bits per heavy atom. The van der Waals surface area contributed by atoms with Crippen molar-refractivity contribution in [1.82, 2.24) is 0 Å². The zero-order valence-electron chi connectivity index (χ0n) is 10.6. The average molecular weight is 280 g/mol. The van der Waals surface area contributed by atoms with Crippen LogP contribution < -0.4 is 4.74 Å². The molecule has 0 fully saturated rings. The number of methoxy groups -OCH3 is 1. The summed E-state index contributed by atoms with van der Waals surface area (Å²) in [7, 11) is 1.55. The molecule has 0 bridgehead atoms. The Hall–Kier alpha value is -2.30. The summed E-state index contributed by atoms with van der Waals surface area (Å²) < 4.78 is 41.9. The highest BCUT2D eigenvalue weighted by Crippen LogP contribution is 2.25. The summed E-state index contributed by atoms with van der Waals surface area (Å²) >= 11 is 0. The quantitative estimate of drug-likeness (QED) is 0.791. The number of halogens is 3. The van der Waals surface area contributed by atoms with Crippen molar-refractivity contribution in [2.45, 2.75) is 6.18 Å². The monoisotopic (exact) mass is 280 g/mol. The second-order valence-corrected chi connectivity index (χ2v) is 4.13. The van der Waals surface area contributed by atoms with Crippen molar-refractivity contribution in [2.24, 2.45) is 0 Å². The summed E-state index contributed by atoms with van der Waals surface area (Å²) in [5.41, 5.74) is 1.19. The summed E-state index contributed by atoms with van der Waals surface area (Å²) in [5.74, 6) is -1.14. The molecule has 0 N–H and O–H groups in total. The molecule has 2 aromatic carbocycles. The lowest BCUT2D eigenvalue weighted by molar-refractivity contribution is -0.0885. The van der Waals surface area contributed by atoms with Gasteiger partial charge in [0.1, 0.15) is 5.75 Å². The first kappa shape index (κ1) is 14.1. The minimum absolute atomic E-state index is 0.366. The predicted molar refractivity (Wildman–Crippen MR) is 68.8 cm³/mol. The van der Waals surface area contributed by atoms with Crippen molar-refractivity contribution in [1.29, 1.82) is 0 Å². The highest BCUT2D eigenvalue weighted by molar-refractivity contribution is 6.00. The zero-order chi connectivity index (χ0) is 14.8. The van der Waals surface area contributed by atoms with Crippen molar-refractivity contribution in [3.8, 4) is 16.9 Å². The molecule has 0 aliphatic heterocycles. The van der Waals surface area contributed by atoms with E-state index >= 15 is 0 Å². The molecule has 0 radical (unpaired) electrons. The van der Waals surface area contributed by atoms with Crippen LogP contribution in [0.15, 0.2) is 48.5 Å². The zero-order valence-corrected chi connectivity index (χ0v) is 10.6. The van der Waals surface area contributed by atoms with Crippen LogP contribution in [0.5, 0.6) is 5.75 Å². The van der Waals surface area contributed by atoms with Gasteiger partial charge in [-0.1, -0.05) is 36.4 Å². The number of Topliss-reactive ketones (excluding diaryl/α,β-unsaturated/α-hetero) is 1. The van der Waals surface area contributed by atoms with E-state index in [1.165, 1.54) is 24.3 Å². The van der Waals surface area contributed by atoms with E-state index in [1.807, 2.05) is 0 Å². The van der Waals surface area contributed by atoms with E-state index in [0.717, 1.165) is 11.1 Å². The van der Waals surface area contributed by atoms with E-state index in [4.69, 9.17) is 4.74 Å². The lowest BCUT2D eigenvalue weighted by atomic mass is 10.0. The SMILES string of the molecule is COc1ccc(-c2ccc(C(=O)C(F)(F)F)cc2)cc1. The first-order chi connectivity index (χ1) is 9.41. The van der Waals surface area contributed by atoms with Crippen molar-refractivity contribution >= 4 is 5.78 Å². The molecule has 2 aromatic rings. The van der Waals surface area contributed by atoms with E-state index in [2.05, 4.69) is 0 Å². The van der Waals surface area contributed by atoms with Crippen LogP contribution >= 0.6 is 0 Å². The van der Waals surface area contributed by atoms with Crippen LogP contribution in [-0.2, 0) is 0 Å². The van der Waals surface area contributed by atoms with Crippen LogP contribution in [0.3, 0.4) is 0 Å². The maximum absolute atomic E-state index is 12.3. The lowest BCUT2D eigenvalue weighted by Crippen LogP contribution is -2.22. The molecule has 0 atom stereocenters. The van der Waals surface area contributed by atoms with Gasteiger partial charge in [0.15, 0.2) is 0 Å². The second-order valence-electron chi connectivity index (χ2n) is 4.13. The van der Waals surface area contributed by atoms with E-state index in [9.17, 15) is 18.0 Å². The summed E-state index contributed by atoms with van der Waals surface area (Å²) in [5, 5.41) is 0. The van der Waals surface area contributed by atoms with E-state index in [-0.39, 0.29) is 5.56 Å². The van der Waals surface area contributed by atoms with Crippen LogP contribution in [0.1, 0.15) is 10.4 Å². The summed E-state index contributed by atoms with van der Waals surface area (Å²) in [4.78, 5) is 11.1. The molecule has 2 rings (SSSR count). The van der Waals surface area contributed by atoms with Gasteiger partial charge in [0.05, 0.1) is 7.11 Å². The third-order valence-corrected chi connectivity index (χ3v) is 2.83. The molecule has 0 aromatic heterocycles. The van der Waals surface area contributed by atoms with Crippen LogP contribution in [0.25, 0.3) is 11.1 Å². The number of carbonyl (C=O) groups is 1. The Kier molecular flexibility index (Phi) is 3.79. The normalized spacial score (nSPS) is 11.2. The number of ether oxygens (including phenoxy) is 1. The molecule has 0 aliphatic rings. The van der Waals surface area contributed by atoms with E-state index in [1.54, 1.807) is 31.4 Å².